The van der Waals surface area contributed by atoms with Crippen LogP contribution in [0.25, 0.3) is 154 Å². The SMILES string of the molecule is c1ccc(-c2ccc(-c3c4ccccc4c(-c4ccc(-c5ccc6cc(-c7c8ccccc8c(-c8c(-c9ccccc9)oc9ccccc89)c8ccccc78)ccc6c5)c5ccccc45)c4ccccc34)cc2)cc1. The molecule has 0 atom stereocenters. The zero-order valence-electron chi connectivity index (χ0n) is 41.0. The van der Waals surface area contributed by atoms with Crippen LogP contribution in [0.15, 0.2) is 283 Å². The van der Waals surface area contributed by atoms with Crippen molar-refractivity contribution in [2.24, 2.45) is 0 Å². The minimum atomic E-state index is 0.885. The molecule has 1 aromatic heterocycles. The van der Waals surface area contributed by atoms with Crippen LogP contribution in [0.1, 0.15) is 0 Å². The molecule has 0 N–H and O–H groups in total. The zero-order valence-corrected chi connectivity index (χ0v) is 41.0. The quantitative estimate of drug-likeness (QED) is 0.145. The van der Waals surface area contributed by atoms with Gasteiger partial charge in [0, 0.05) is 22.1 Å². The molecule has 0 aliphatic carbocycles. The molecule has 1 heteroatoms. The number of rotatable bonds is 7. The molecule has 0 aliphatic rings. The Kier molecular flexibility index (Phi) is 9.96. The van der Waals surface area contributed by atoms with E-state index in [1.165, 1.54) is 126 Å². The van der Waals surface area contributed by atoms with Gasteiger partial charge < -0.3 is 4.42 Å². The summed E-state index contributed by atoms with van der Waals surface area (Å²) >= 11 is 0. The van der Waals surface area contributed by atoms with Crippen molar-refractivity contribution < 1.29 is 4.42 Å². The molecule has 0 saturated heterocycles. The lowest BCUT2D eigenvalue weighted by Gasteiger charge is -2.20. The summed E-state index contributed by atoms with van der Waals surface area (Å²) in [6, 6.07) is 102. The van der Waals surface area contributed by atoms with E-state index in [4.69, 9.17) is 4.42 Å². The van der Waals surface area contributed by atoms with Crippen LogP contribution in [-0.4, -0.2) is 0 Å². The van der Waals surface area contributed by atoms with Crippen LogP contribution in [0.3, 0.4) is 0 Å². The molecule has 14 aromatic carbocycles. The molecule has 0 bridgehead atoms. The summed E-state index contributed by atoms with van der Waals surface area (Å²) in [6.07, 6.45) is 0. The van der Waals surface area contributed by atoms with Gasteiger partial charge in [-0.3, -0.25) is 0 Å². The Morgan fingerprint density at radius 1 is 0.187 bits per heavy atom. The third kappa shape index (κ3) is 6.93. The summed E-state index contributed by atoms with van der Waals surface area (Å²) in [5.74, 6) is 0.890. The van der Waals surface area contributed by atoms with E-state index < -0.39 is 0 Å². The zero-order chi connectivity index (χ0) is 49.4. The minimum Gasteiger partial charge on any atom is -0.455 e. The summed E-state index contributed by atoms with van der Waals surface area (Å²) < 4.78 is 6.75. The Bertz CT molecular complexity index is 4620. The van der Waals surface area contributed by atoms with Gasteiger partial charge in [0.15, 0.2) is 0 Å². The van der Waals surface area contributed by atoms with Crippen LogP contribution >= 0.6 is 0 Å². The number of furan rings is 1. The molecule has 1 nitrogen and oxygen atoms in total. The van der Waals surface area contributed by atoms with Gasteiger partial charge in [-0.05, 0) is 138 Å². The fraction of sp³-hybridized carbons (Fsp3) is 0. The highest BCUT2D eigenvalue weighted by atomic mass is 16.3. The molecule has 1 heterocycles. The molecule has 348 valence electrons. The third-order valence-corrected chi connectivity index (χ3v) is 15.7. The fourth-order valence-electron chi connectivity index (χ4n) is 12.3. The molecule has 0 fully saturated rings. The van der Waals surface area contributed by atoms with E-state index in [-0.39, 0.29) is 0 Å². The molecule has 15 rings (SSSR count). The first-order valence-corrected chi connectivity index (χ1v) is 25.9. The first kappa shape index (κ1) is 42.8. The van der Waals surface area contributed by atoms with Gasteiger partial charge >= 0.3 is 0 Å². The minimum absolute atomic E-state index is 0.885. The predicted molar refractivity (Wildman–Crippen MR) is 319 cm³/mol. The number of fused-ring (bicyclic) bond motifs is 7. The molecule has 75 heavy (non-hydrogen) atoms. The molecular weight excluding hydrogens is 905 g/mol. The molecular formula is C74H46O. The molecule has 15 aromatic rings. The summed E-state index contributed by atoms with van der Waals surface area (Å²) in [4.78, 5) is 0. The van der Waals surface area contributed by atoms with Crippen molar-refractivity contribution >= 4 is 75.6 Å². The fourth-order valence-corrected chi connectivity index (χ4v) is 12.3. The van der Waals surface area contributed by atoms with E-state index in [9.17, 15) is 0 Å². The maximum absolute atomic E-state index is 6.75. The maximum atomic E-state index is 6.75. The average Bonchev–Trinajstić information content (AvgIpc) is 3.92. The van der Waals surface area contributed by atoms with E-state index in [2.05, 4.69) is 279 Å². The van der Waals surface area contributed by atoms with Crippen LogP contribution in [0, 0.1) is 0 Å². The van der Waals surface area contributed by atoms with Crippen LogP contribution in [0.2, 0.25) is 0 Å². The smallest absolute Gasteiger partial charge is 0.143 e. The van der Waals surface area contributed by atoms with Crippen molar-refractivity contribution in [2.75, 3.05) is 0 Å². The normalized spacial score (nSPS) is 11.7. The molecule has 0 unspecified atom stereocenters. The van der Waals surface area contributed by atoms with Crippen LogP contribution in [-0.2, 0) is 0 Å². The monoisotopic (exact) mass is 950 g/mol. The van der Waals surface area contributed by atoms with Gasteiger partial charge in [0.1, 0.15) is 11.3 Å². The number of hydrogen-bond donors (Lipinski definition) is 0. The molecule has 0 spiro atoms. The summed E-state index contributed by atoms with van der Waals surface area (Å²) in [6.45, 7) is 0. The van der Waals surface area contributed by atoms with Crippen molar-refractivity contribution in [3.05, 3.63) is 279 Å². The number of benzene rings is 14. The van der Waals surface area contributed by atoms with Gasteiger partial charge in [-0.15, -0.1) is 0 Å². The lowest BCUT2D eigenvalue weighted by Crippen LogP contribution is -1.93. The number of para-hydroxylation sites is 1. The Balaban J connectivity index is 0.853. The maximum Gasteiger partial charge on any atom is 0.143 e. The van der Waals surface area contributed by atoms with Gasteiger partial charge in [-0.25, -0.2) is 0 Å². The average molecular weight is 951 g/mol. The van der Waals surface area contributed by atoms with E-state index >= 15 is 0 Å². The Morgan fingerprint density at radius 2 is 0.547 bits per heavy atom. The second-order valence-electron chi connectivity index (χ2n) is 19.8. The van der Waals surface area contributed by atoms with E-state index in [1.54, 1.807) is 0 Å². The lowest BCUT2D eigenvalue weighted by molar-refractivity contribution is 0.632. The van der Waals surface area contributed by atoms with Gasteiger partial charge in [0.05, 0.1) is 0 Å². The molecule has 0 saturated carbocycles. The van der Waals surface area contributed by atoms with Crippen molar-refractivity contribution in [3.8, 4) is 78.1 Å². The van der Waals surface area contributed by atoms with Crippen molar-refractivity contribution in [1.82, 2.24) is 0 Å². The second kappa shape index (κ2) is 17.4. The first-order chi connectivity index (χ1) is 37.2. The van der Waals surface area contributed by atoms with E-state index in [0.717, 1.165) is 27.9 Å². The van der Waals surface area contributed by atoms with Crippen LogP contribution in [0.4, 0.5) is 0 Å². The molecule has 0 radical (unpaired) electrons. The van der Waals surface area contributed by atoms with Gasteiger partial charge in [0.2, 0.25) is 0 Å². The van der Waals surface area contributed by atoms with E-state index in [0.29, 0.717) is 0 Å². The van der Waals surface area contributed by atoms with Crippen molar-refractivity contribution in [2.45, 2.75) is 0 Å². The summed E-state index contributed by atoms with van der Waals surface area (Å²) in [7, 11) is 0. The Labute approximate surface area is 434 Å². The Hall–Kier alpha value is -9.82. The third-order valence-electron chi connectivity index (χ3n) is 15.7. The number of hydrogen-bond acceptors (Lipinski definition) is 1. The topological polar surface area (TPSA) is 13.1 Å². The van der Waals surface area contributed by atoms with Gasteiger partial charge in [-0.2, -0.15) is 0 Å². The van der Waals surface area contributed by atoms with Crippen molar-refractivity contribution in [1.29, 1.82) is 0 Å². The first-order valence-electron chi connectivity index (χ1n) is 25.9. The lowest BCUT2D eigenvalue weighted by atomic mass is 9.83. The standard InChI is InChI=1S/C74H46O/c1-3-19-47(20-4-1)48-35-37-49(38-36-48)69-58-25-9-13-29-62(58)71(63-30-14-10-26-59(63)69)66-44-43-55(56-23-7-8-24-57(56)66)53-41-39-52-46-54(42-40-51(52)45-53)70-60-27-11-15-31-64(60)72(65-32-16-12-28-61(65)70)73-67-33-17-18-34-68(67)75-74(73)50-21-5-2-6-22-50/h1-46H. The van der Waals surface area contributed by atoms with Crippen LogP contribution in [0.5, 0.6) is 0 Å². The highest BCUT2D eigenvalue weighted by molar-refractivity contribution is 6.26. The molecule has 0 amide bonds. The van der Waals surface area contributed by atoms with Crippen molar-refractivity contribution in [3.63, 3.8) is 0 Å². The van der Waals surface area contributed by atoms with Crippen LogP contribution < -0.4 is 0 Å². The second-order valence-corrected chi connectivity index (χ2v) is 19.8. The Morgan fingerprint density at radius 3 is 1.11 bits per heavy atom. The summed E-state index contributed by atoms with van der Waals surface area (Å²) in [5.41, 5.74) is 16.5. The molecule has 0 aliphatic heterocycles. The summed E-state index contributed by atoms with van der Waals surface area (Å²) in [5, 5.41) is 15.8. The predicted octanol–water partition coefficient (Wildman–Crippen LogP) is 21.0. The van der Waals surface area contributed by atoms with Gasteiger partial charge in [-0.1, -0.05) is 261 Å². The largest absolute Gasteiger partial charge is 0.455 e. The highest BCUT2D eigenvalue weighted by Gasteiger charge is 2.25. The van der Waals surface area contributed by atoms with E-state index in [1.807, 2.05) is 0 Å². The highest BCUT2D eigenvalue weighted by Crippen LogP contribution is 2.51. The van der Waals surface area contributed by atoms with Gasteiger partial charge in [0.25, 0.3) is 0 Å².